The van der Waals surface area contributed by atoms with Crippen LogP contribution in [0.4, 0.5) is 5.69 Å². The molecular formula is C14H18N2O3S. The van der Waals surface area contributed by atoms with E-state index in [9.17, 15) is 14.7 Å². The lowest BCUT2D eigenvalue weighted by molar-refractivity contribution is -0.132. The zero-order valence-corrected chi connectivity index (χ0v) is 12.0. The Hall–Kier alpha value is -1.69. The van der Waals surface area contributed by atoms with Crippen molar-refractivity contribution in [2.45, 2.75) is 12.8 Å². The van der Waals surface area contributed by atoms with Gasteiger partial charge in [0.25, 0.3) is 0 Å². The first-order valence-electron chi connectivity index (χ1n) is 6.59. The number of thiol groups is 1. The van der Waals surface area contributed by atoms with Gasteiger partial charge >= 0.3 is 0 Å². The van der Waals surface area contributed by atoms with E-state index in [4.69, 9.17) is 0 Å². The van der Waals surface area contributed by atoms with Gasteiger partial charge in [-0.2, -0.15) is 12.6 Å². The van der Waals surface area contributed by atoms with Gasteiger partial charge in [-0.15, -0.1) is 0 Å². The summed E-state index contributed by atoms with van der Waals surface area (Å²) in [5.41, 5.74) is 0.423. The fourth-order valence-corrected chi connectivity index (χ4v) is 2.51. The van der Waals surface area contributed by atoms with Crippen molar-refractivity contribution in [2.24, 2.45) is 5.92 Å². The van der Waals surface area contributed by atoms with Gasteiger partial charge in [0.1, 0.15) is 5.75 Å². The highest BCUT2D eigenvalue weighted by molar-refractivity contribution is 7.81. The number of phenols is 1. The first kappa shape index (κ1) is 14.7. The Labute approximate surface area is 123 Å². The Morgan fingerprint density at radius 3 is 2.55 bits per heavy atom. The normalized spacial score (nSPS) is 15.9. The summed E-state index contributed by atoms with van der Waals surface area (Å²) in [5, 5.41) is 12.4. The van der Waals surface area contributed by atoms with Gasteiger partial charge < -0.3 is 15.3 Å². The highest BCUT2D eigenvalue weighted by Gasteiger charge is 2.27. The molecule has 0 spiro atoms. The molecule has 0 bridgehead atoms. The largest absolute Gasteiger partial charge is 0.506 e. The summed E-state index contributed by atoms with van der Waals surface area (Å²) in [6.45, 7) is 1.16. The van der Waals surface area contributed by atoms with Crippen LogP contribution in [0.2, 0.25) is 0 Å². The average Bonchev–Trinajstić information content (AvgIpc) is 2.49. The molecule has 20 heavy (non-hydrogen) atoms. The van der Waals surface area contributed by atoms with E-state index in [1.54, 1.807) is 23.1 Å². The van der Waals surface area contributed by atoms with Crippen LogP contribution in [0.15, 0.2) is 24.3 Å². The maximum absolute atomic E-state index is 12.1. The molecule has 1 aromatic rings. The van der Waals surface area contributed by atoms with Gasteiger partial charge in [-0.1, -0.05) is 12.1 Å². The van der Waals surface area contributed by atoms with E-state index >= 15 is 0 Å². The Bertz CT molecular complexity index is 499. The molecule has 1 heterocycles. The molecule has 1 saturated heterocycles. The standard InChI is InChI=1S/C14H18N2O3S/c17-12-4-2-1-3-11(12)15-14(19)10-5-7-16(8-6-10)13(18)9-20/h1-4,10,17,20H,5-9H2,(H,15,19). The van der Waals surface area contributed by atoms with Crippen molar-refractivity contribution in [1.82, 2.24) is 4.90 Å². The second kappa shape index (κ2) is 6.65. The predicted molar refractivity (Wildman–Crippen MR) is 79.9 cm³/mol. The third-order valence-corrected chi connectivity index (χ3v) is 3.79. The molecule has 0 aromatic heterocycles. The topological polar surface area (TPSA) is 69.6 Å². The molecule has 0 unspecified atom stereocenters. The van der Waals surface area contributed by atoms with Crippen molar-refractivity contribution < 1.29 is 14.7 Å². The molecule has 0 atom stereocenters. The number of likely N-dealkylation sites (tertiary alicyclic amines) is 1. The number of hydrogen-bond donors (Lipinski definition) is 3. The molecular weight excluding hydrogens is 276 g/mol. The van der Waals surface area contributed by atoms with Gasteiger partial charge in [-0.25, -0.2) is 0 Å². The number of carbonyl (C=O) groups is 2. The van der Waals surface area contributed by atoms with Crippen LogP contribution < -0.4 is 5.32 Å². The van der Waals surface area contributed by atoms with Crippen LogP contribution in [0.5, 0.6) is 5.75 Å². The van der Waals surface area contributed by atoms with Crippen molar-refractivity contribution in [3.63, 3.8) is 0 Å². The lowest BCUT2D eigenvalue weighted by atomic mass is 9.96. The number of anilines is 1. The molecule has 108 valence electrons. The number of nitrogens with zero attached hydrogens (tertiary/aromatic N) is 1. The van der Waals surface area contributed by atoms with Gasteiger partial charge in [-0.05, 0) is 25.0 Å². The molecule has 2 amide bonds. The summed E-state index contributed by atoms with van der Waals surface area (Å²) in [6.07, 6.45) is 1.28. The van der Waals surface area contributed by atoms with Crippen molar-refractivity contribution in [3.8, 4) is 5.75 Å². The Balaban J connectivity index is 1.89. The van der Waals surface area contributed by atoms with Crippen LogP contribution in [-0.2, 0) is 9.59 Å². The van der Waals surface area contributed by atoms with Crippen LogP contribution in [0, 0.1) is 5.92 Å². The molecule has 5 nitrogen and oxygen atoms in total. The monoisotopic (exact) mass is 294 g/mol. The molecule has 0 aliphatic carbocycles. The Morgan fingerprint density at radius 2 is 1.95 bits per heavy atom. The average molecular weight is 294 g/mol. The predicted octanol–water partition coefficient (Wildman–Crippen LogP) is 1.50. The van der Waals surface area contributed by atoms with E-state index in [-0.39, 0.29) is 29.2 Å². The number of hydrogen-bond acceptors (Lipinski definition) is 4. The Morgan fingerprint density at radius 1 is 1.30 bits per heavy atom. The van der Waals surface area contributed by atoms with Crippen LogP contribution in [-0.4, -0.2) is 40.7 Å². The minimum absolute atomic E-state index is 0.00731. The zero-order valence-electron chi connectivity index (χ0n) is 11.1. The highest BCUT2D eigenvalue weighted by Crippen LogP contribution is 2.24. The van der Waals surface area contributed by atoms with E-state index in [1.807, 2.05) is 0 Å². The molecule has 1 fully saturated rings. The van der Waals surface area contributed by atoms with Gasteiger partial charge in [-0.3, -0.25) is 9.59 Å². The van der Waals surface area contributed by atoms with Gasteiger partial charge in [0.05, 0.1) is 11.4 Å². The van der Waals surface area contributed by atoms with E-state index in [2.05, 4.69) is 17.9 Å². The molecule has 1 aliphatic heterocycles. The molecule has 1 aliphatic rings. The van der Waals surface area contributed by atoms with Gasteiger partial charge in [0.15, 0.2) is 0 Å². The lowest BCUT2D eigenvalue weighted by Crippen LogP contribution is -2.42. The summed E-state index contributed by atoms with van der Waals surface area (Å²) in [5.74, 6) is 0.0360. The number of para-hydroxylation sites is 2. The Kier molecular flexibility index (Phi) is 4.89. The fraction of sp³-hybridized carbons (Fsp3) is 0.429. The minimum atomic E-state index is -0.126. The number of nitrogens with one attached hydrogen (secondary N) is 1. The number of phenolic OH excluding ortho intramolecular Hbond substituents is 1. The quantitative estimate of drug-likeness (QED) is 0.584. The van der Waals surface area contributed by atoms with E-state index in [1.165, 1.54) is 6.07 Å². The van der Waals surface area contributed by atoms with E-state index in [0.29, 0.717) is 31.6 Å². The molecule has 1 aromatic carbocycles. The van der Waals surface area contributed by atoms with Gasteiger partial charge in [0, 0.05) is 19.0 Å². The number of rotatable bonds is 3. The summed E-state index contributed by atoms with van der Waals surface area (Å²) >= 11 is 3.97. The number of aromatic hydroxyl groups is 1. The van der Waals surface area contributed by atoms with Crippen molar-refractivity contribution in [1.29, 1.82) is 0 Å². The van der Waals surface area contributed by atoms with Crippen molar-refractivity contribution >= 4 is 30.1 Å². The zero-order chi connectivity index (χ0) is 14.5. The molecule has 0 radical (unpaired) electrons. The number of amides is 2. The van der Waals surface area contributed by atoms with Crippen LogP contribution >= 0.6 is 12.6 Å². The highest BCUT2D eigenvalue weighted by atomic mass is 32.1. The summed E-state index contributed by atoms with van der Waals surface area (Å²) < 4.78 is 0. The van der Waals surface area contributed by atoms with Crippen LogP contribution in [0.3, 0.4) is 0 Å². The SMILES string of the molecule is O=C(Nc1ccccc1O)C1CCN(C(=O)CS)CC1. The maximum Gasteiger partial charge on any atom is 0.232 e. The van der Waals surface area contributed by atoms with Crippen LogP contribution in [0.25, 0.3) is 0 Å². The number of piperidine rings is 1. The van der Waals surface area contributed by atoms with Crippen molar-refractivity contribution in [3.05, 3.63) is 24.3 Å². The minimum Gasteiger partial charge on any atom is -0.506 e. The van der Waals surface area contributed by atoms with Gasteiger partial charge in [0.2, 0.25) is 11.8 Å². The molecule has 6 heteroatoms. The summed E-state index contributed by atoms with van der Waals surface area (Å²) in [6, 6.07) is 6.65. The molecule has 0 saturated carbocycles. The first-order valence-corrected chi connectivity index (χ1v) is 7.22. The summed E-state index contributed by atoms with van der Waals surface area (Å²) in [7, 11) is 0. The third-order valence-electron chi connectivity index (χ3n) is 3.52. The second-order valence-electron chi connectivity index (χ2n) is 4.82. The number of carbonyl (C=O) groups excluding carboxylic acids is 2. The molecule has 2 rings (SSSR count). The smallest absolute Gasteiger partial charge is 0.232 e. The maximum atomic E-state index is 12.1. The fourth-order valence-electron chi connectivity index (χ4n) is 2.31. The van der Waals surface area contributed by atoms with E-state index < -0.39 is 0 Å². The second-order valence-corrected chi connectivity index (χ2v) is 5.14. The number of benzene rings is 1. The molecule has 2 N–H and O–H groups in total. The van der Waals surface area contributed by atoms with Crippen molar-refractivity contribution in [2.75, 3.05) is 24.2 Å². The van der Waals surface area contributed by atoms with E-state index in [0.717, 1.165) is 0 Å². The lowest BCUT2D eigenvalue weighted by Gasteiger charge is -2.31. The van der Waals surface area contributed by atoms with Crippen LogP contribution in [0.1, 0.15) is 12.8 Å². The first-order chi connectivity index (χ1) is 9.61. The third kappa shape index (κ3) is 3.45. The summed E-state index contributed by atoms with van der Waals surface area (Å²) in [4.78, 5) is 25.4.